The Bertz CT molecular complexity index is 941. The zero-order valence-corrected chi connectivity index (χ0v) is 17.5. The monoisotopic (exact) mass is 454 g/mol. The maximum absolute atomic E-state index is 12.2. The molecule has 0 aliphatic carbocycles. The molecule has 30 heavy (non-hydrogen) atoms. The number of hydrogen-bond donors (Lipinski definition) is 4. The number of carboxylic acids is 1. The van der Waals surface area contributed by atoms with E-state index in [1.807, 2.05) is 6.92 Å². The van der Waals surface area contributed by atoms with Gasteiger partial charge in [-0.2, -0.15) is 0 Å². The highest BCUT2D eigenvalue weighted by Gasteiger charge is 2.16. The van der Waals surface area contributed by atoms with E-state index in [-0.39, 0.29) is 38.5 Å². The summed E-state index contributed by atoms with van der Waals surface area (Å²) in [5, 5.41) is 23.8. The van der Waals surface area contributed by atoms with Crippen molar-refractivity contribution in [1.29, 1.82) is 0 Å². The Kier molecular flexibility index (Phi) is 8.32. The number of nitrogens with one attached hydrogen (secondary N) is 2. The summed E-state index contributed by atoms with van der Waals surface area (Å²) in [7, 11) is 0. The van der Waals surface area contributed by atoms with Crippen molar-refractivity contribution in [2.24, 2.45) is 0 Å². The average Bonchev–Trinajstić information content (AvgIpc) is 2.65. The van der Waals surface area contributed by atoms with Crippen LogP contribution in [0.2, 0.25) is 10.0 Å². The molecule has 0 saturated heterocycles. The number of carboxylic acid groups (broad SMARTS) is 1. The Labute approximate surface area is 182 Å². The Morgan fingerprint density at radius 1 is 1.10 bits per heavy atom. The SMILES string of the molecule is CCCCNC(=O)c1cc(Oc2c(Cl)cc(NC(=O)CC(=O)O)cc2Cl)ccc1O. The summed E-state index contributed by atoms with van der Waals surface area (Å²) >= 11 is 12.4. The molecule has 0 bridgehead atoms. The number of hydrogen-bond acceptors (Lipinski definition) is 5. The lowest BCUT2D eigenvalue weighted by atomic mass is 10.1. The predicted molar refractivity (Wildman–Crippen MR) is 113 cm³/mol. The fourth-order valence-corrected chi connectivity index (χ4v) is 2.99. The van der Waals surface area contributed by atoms with Crippen molar-refractivity contribution < 1.29 is 29.3 Å². The molecule has 8 nitrogen and oxygen atoms in total. The third-order valence-electron chi connectivity index (χ3n) is 3.84. The van der Waals surface area contributed by atoms with Crippen LogP contribution in [-0.2, 0) is 9.59 Å². The van der Waals surface area contributed by atoms with Crippen LogP contribution in [0.25, 0.3) is 0 Å². The molecule has 2 aromatic rings. The first-order valence-corrected chi connectivity index (χ1v) is 9.76. The normalized spacial score (nSPS) is 10.4. The van der Waals surface area contributed by atoms with Crippen molar-refractivity contribution >= 4 is 46.7 Å². The Morgan fingerprint density at radius 3 is 2.37 bits per heavy atom. The van der Waals surface area contributed by atoms with Crippen LogP contribution in [0.3, 0.4) is 0 Å². The highest BCUT2D eigenvalue weighted by atomic mass is 35.5. The van der Waals surface area contributed by atoms with Crippen molar-refractivity contribution in [2.75, 3.05) is 11.9 Å². The van der Waals surface area contributed by atoms with E-state index < -0.39 is 24.2 Å². The largest absolute Gasteiger partial charge is 0.507 e. The van der Waals surface area contributed by atoms with Gasteiger partial charge in [0.15, 0.2) is 5.75 Å². The molecule has 0 radical (unpaired) electrons. The molecule has 160 valence electrons. The summed E-state index contributed by atoms with van der Waals surface area (Å²) in [5.74, 6) is -2.38. The molecule has 0 fully saturated rings. The van der Waals surface area contributed by atoms with Gasteiger partial charge >= 0.3 is 5.97 Å². The van der Waals surface area contributed by atoms with Gasteiger partial charge in [0.05, 0.1) is 15.6 Å². The van der Waals surface area contributed by atoms with Gasteiger partial charge in [0.25, 0.3) is 5.91 Å². The summed E-state index contributed by atoms with van der Waals surface area (Å²) in [4.78, 5) is 34.4. The van der Waals surface area contributed by atoms with Crippen LogP contribution in [0.15, 0.2) is 30.3 Å². The maximum atomic E-state index is 12.2. The van der Waals surface area contributed by atoms with Crippen LogP contribution < -0.4 is 15.4 Å². The van der Waals surface area contributed by atoms with Crippen LogP contribution in [0.4, 0.5) is 5.69 Å². The van der Waals surface area contributed by atoms with E-state index in [0.717, 1.165) is 12.8 Å². The fourth-order valence-electron chi connectivity index (χ4n) is 2.42. The van der Waals surface area contributed by atoms with Crippen LogP contribution in [-0.4, -0.2) is 34.5 Å². The number of phenols is 1. The molecule has 2 amide bonds. The van der Waals surface area contributed by atoms with Crippen molar-refractivity contribution in [3.63, 3.8) is 0 Å². The summed E-state index contributed by atoms with van der Waals surface area (Å²) in [6.07, 6.45) is 1.02. The molecule has 0 unspecified atom stereocenters. The lowest BCUT2D eigenvalue weighted by Crippen LogP contribution is -2.24. The van der Waals surface area contributed by atoms with Crippen molar-refractivity contribution in [3.05, 3.63) is 45.9 Å². The van der Waals surface area contributed by atoms with E-state index in [4.69, 9.17) is 33.0 Å². The van der Waals surface area contributed by atoms with Gasteiger partial charge in [0, 0.05) is 12.2 Å². The second kappa shape index (κ2) is 10.7. The van der Waals surface area contributed by atoms with Crippen molar-refractivity contribution in [3.8, 4) is 17.2 Å². The minimum Gasteiger partial charge on any atom is -0.507 e. The topological polar surface area (TPSA) is 125 Å². The lowest BCUT2D eigenvalue weighted by Gasteiger charge is -2.13. The molecule has 0 aromatic heterocycles. The molecule has 2 rings (SSSR count). The van der Waals surface area contributed by atoms with Gasteiger partial charge in [-0.25, -0.2) is 0 Å². The van der Waals surface area contributed by atoms with Crippen LogP contribution in [0.5, 0.6) is 17.2 Å². The first kappa shape index (κ1) is 23.3. The molecule has 0 spiro atoms. The summed E-state index contributed by atoms with van der Waals surface area (Å²) in [6, 6.07) is 6.80. The first-order valence-electron chi connectivity index (χ1n) is 9.01. The van der Waals surface area contributed by atoms with Gasteiger partial charge in [-0.1, -0.05) is 36.5 Å². The second-order valence-corrected chi connectivity index (χ2v) is 7.09. The summed E-state index contributed by atoms with van der Waals surface area (Å²) in [5.41, 5.74) is 0.235. The standard InChI is InChI=1S/C20H20Cl2N2O6/c1-2-3-6-23-20(29)13-9-12(4-5-16(13)25)30-19-14(21)7-11(8-15(19)22)24-17(26)10-18(27)28/h4-5,7-9,25H,2-3,6,10H2,1H3,(H,23,29)(H,24,26)(H,27,28). The van der Waals surface area contributed by atoms with Gasteiger partial charge in [-0.3, -0.25) is 14.4 Å². The van der Waals surface area contributed by atoms with Crippen LogP contribution in [0, 0.1) is 0 Å². The Hall–Kier alpha value is -2.97. The number of phenolic OH excluding ortho intramolecular Hbond substituents is 1. The number of ether oxygens (including phenoxy) is 1. The highest BCUT2D eigenvalue weighted by molar-refractivity contribution is 6.37. The van der Waals surface area contributed by atoms with Gasteiger partial charge in [0.1, 0.15) is 17.9 Å². The number of aliphatic carboxylic acids is 1. The van der Waals surface area contributed by atoms with E-state index in [2.05, 4.69) is 10.6 Å². The molecule has 10 heteroatoms. The molecule has 2 aromatic carbocycles. The van der Waals surface area contributed by atoms with Gasteiger partial charge in [-0.15, -0.1) is 0 Å². The Morgan fingerprint density at radius 2 is 1.77 bits per heavy atom. The van der Waals surface area contributed by atoms with Crippen LogP contribution >= 0.6 is 23.2 Å². The molecular weight excluding hydrogens is 435 g/mol. The molecule has 0 atom stereocenters. The Balaban J connectivity index is 2.19. The number of benzene rings is 2. The maximum Gasteiger partial charge on any atom is 0.312 e. The number of carbonyl (C=O) groups is 3. The highest BCUT2D eigenvalue weighted by Crippen LogP contribution is 2.39. The molecule has 0 saturated carbocycles. The van der Waals surface area contributed by atoms with E-state index in [1.54, 1.807) is 0 Å². The van der Waals surface area contributed by atoms with Crippen molar-refractivity contribution in [1.82, 2.24) is 5.32 Å². The van der Waals surface area contributed by atoms with E-state index >= 15 is 0 Å². The lowest BCUT2D eigenvalue weighted by molar-refractivity contribution is -0.139. The van der Waals surface area contributed by atoms with Crippen LogP contribution in [0.1, 0.15) is 36.5 Å². The number of unbranched alkanes of at least 4 members (excludes halogenated alkanes) is 1. The number of anilines is 1. The van der Waals surface area contributed by atoms with Gasteiger partial charge in [0.2, 0.25) is 5.91 Å². The summed E-state index contributed by atoms with van der Waals surface area (Å²) < 4.78 is 5.67. The molecular formula is C20H20Cl2N2O6. The molecule has 4 N–H and O–H groups in total. The first-order chi connectivity index (χ1) is 14.2. The zero-order chi connectivity index (χ0) is 22.3. The average molecular weight is 455 g/mol. The third kappa shape index (κ3) is 6.53. The number of aromatic hydroxyl groups is 1. The van der Waals surface area contributed by atoms with E-state index in [1.165, 1.54) is 30.3 Å². The zero-order valence-electron chi connectivity index (χ0n) is 16.0. The second-order valence-electron chi connectivity index (χ2n) is 6.28. The number of amides is 2. The van der Waals surface area contributed by atoms with Gasteiger partial charge < -0.3 is 25.6 Å². The quantitative estimate of drug-likeness (QED) is 0.328. The third-order valence-corrected chi connectivity index (χ3v) is 4.40. The smallest absolute Gasteiger partial charge is 0.312 e. The molecule has 0 aliphatic heterocycles. The van der Waals surface area contributed by atoms with Gasteiger partial charge in [-0.05, 0) is 36.8 Å². The minimum atomic E-state index is -1.27. The minimum absolute atomic E-state index is 0.0356. The predicted octanol–water partition coefficient (Wildman–Crippen LogP) is 4.43. The molecule has 0 aliphatic rings. The number of halogens is 2. The fraction of sp³-hybridized carbons (Fsp3) is 0.250. The van der Waals surface area contributed by atoms with E-state index in [0.29, 0.717) is 6.54 Å². The number of carbonyl (C=O) groups excluding carboxylic acids is 2. The number of rotatable bonds is 9. The molecule has 0 heterocycles. The summed E-state index contributed by atoms with van der Waals surface area (Å²) in [6.45, 7) is 2.47. The van der Waals surface area contributed by atoms with E-state index in [9.17, 15) is 19.5 Å². The van der Waals surface area contributed by atoms with Crippen molar-refractivity contribution in [2.45, 2.75) is 26.2 Å².